The number of carbonyl (C=O) groups excluding carboxylic acids is 3. The second kappa shape index (κ2) is 10.0. The molecule has 0 spiro atoms. The molecule has 0 aliphatic carbocycles. The van der Waals surface area contributed by atoms with Gasteiger partial charge in [-0.15, -0.1) is 0 Å². The Morgan fingerprint density at radius 3 is 2.68 bits per heavy atom. The molecule has 0 aliphatic rings. The topological polar surface area (TPSA) is 130 Å². The van der Waals surface area contributed by atoms with Crippen LogP contribution in [0.2, 0.25) is 5.02 Å². The number of nitrogens with zero attached hydrogens (tertiary/aromatic N) is 3. The highest BCUT2D eigenvalue weighted by Gasteiger charge is 2.17. The van der Waals surface area contributed by atoms with Gasteiger partial charge in [-0.1, -0.05) is 29.8 Å². The molecule has 0 radical (unpaired) electrons. The fraction of sp³-hybridized carbons (Fsp3) is 0.0870. The molecule has 0 aliphatic heterocycles. The smallest absolute Gasteiger partial charge is 0.313 e. The molecule has 4 rings (SSSR count). The summed E-state index contributed by atoms with van der Waals surface area (Å²) in [7, 11) is 0. The zero-order valence-electron chi connectivity index (χ0n) is 17.9. The number of hydrogen-bond acceptors (Lipinski definition) is 6. The van der Waals surface area contributed by atoms with Crippen LogP contribution in [0, 0.1) is 6.92 Å². The number of carbonyl (C=O) groups is 3. The largest absolute Gasteiger partial charge is 0.458 e. The van der Waals surface area contributed by atoms with Gasteiger partial charge in [-0.3, -0.25) is 18.8 Å². The molecule has 0 bridgehead atoms. The lowest BCUT2D eigenvalue weighted by Crippen LogP contribution is -2.34. The predicted octanol–water partition coefficient (Wildman–Crippen LogP) is 2.91. The van der Waals surface area contributed by atoms with Crippen LogP contribution in [0.25, 0.3) is 5.65 Å². The molecule has 11 heteroatoms. The first-order valence-corrected chi connectivity index (χ1v) is 10.5. The summed E-state index contributed by atoms with van der Waals surface area (Å²) in [6.45, 7) is 1.72. The third-order valence-electron chi connectivity index (χ3n) is 4.67. The van der Waals surface area contributed by atoms with Gasteiger partial charge in [0.15, 0.2) is 0 Å². The van der Waals surface area contributed by atoms with E-state index in [2.05, 4.69) is 26.1 Å². The zero-order valence-corrected chi connectivity index (χ0v) is 18.7. The van der Waals surface area contributed by atoms with Crippen molar-refractivity contribution < 1.29 is 18.8 Å². The number of aryl methyl sites for hydroxylation is 1. The number of hydrazone groups is 1. The van der Waals surface area contributed by atoms with Crippen LogP contribution in [0.3, 0.4) is 0 Å². The lowest BCUT2D eigenvalue weighted by Gasteiger charge is -2.05. The first kappa shape index (κ1) is 22.7. The second-order valence-electron chi connectivity index (χ2n) is 7.13. The van der Waals surface area contributed by atoms with E-state index in [1.165, 1.54) is 6.21 Å². The lowest BCUT2D eigenvalue weighted by atomic mass is 10.3. The molecule has 172 valence electrons. The summed E-state index contributed by atoms with van der Waals surface area (Å²) in [6.07, 6.45) is 2.92. The fourth-order valence-electron chi connectivity index (χ4n) is 3.13. The number of benzene rings is 1. The van der Waals surface area contributed by atoms with Gasteiger partial charge in [0.2, 0.25) is 0 Å². The van der Waals surface area contributed by atoms with Gasteiger partial charge in [-0.25, -0.2) is 10.4 Å². The number of para-hydroxylation sites is 1. The van der Waals surface area contributed by atoms with Crippen molar-refractivity contribution in [3.05, 3.63) is 88.7 Å². The minimum atomic E-state index is -0.800. The lowest BCUT2D eigenvalue weighted by molar-refractivity contribution is -0.136. The van der Waals surface area contributed by atoms with Gasteiger partial charge in [0, 0.05) is 11.9 Å². The molecule has 3 amide bonds. The Balaban J connectivity index is 1.31. The van der Waals surface area contributed by atoms with Crippen LogP contribution in [-0.2, 0) is 16.1 Å². The van der Waals surface area contributed by atoms with E-state index in [0.29, 0.717) is 39.3 Å². The van der Waals surface area contributed by atoms with Gasteiger partial charge in [0.25, 0.3) is 5.91 Å². The quantitative estimate of drug-likeness (QED) is 0.223. The van der Waals surface area contributed by atoms with Crippen molar-refractivity contribution >= 4 is 46.9 Å². The van der Waals surface area contributed by atoms with Crippen LogP contribution in [0.5, 0.6) is 0 Å². The van der Waals surface area contributed by atoms with E-state index in [9.17, 15) is 14.4 Å². The van der Waals surface area contributed by atoms with Gasteiger partial charge in [0.05, 0.1) is 23.5 Å². The number of rotatable bonds is 6. The number of imidazole rings is 1. The molecule has 3 heterocycles. The van der Waals surface area contributed by atoms with Crippen LogP contribution in [0.15, 0.2) is 70.3 Å². The summed E-state index contributed by atoms with van der Waals surface area (Å²) in [5.74, 6) is -1.30. The molecular weight excluding hydrogens is 460 g/mol. The minimum Gasteiger partial charge on any atom is -0.458 e. The molecule has 4 aromatic rings. The van der Waals surface area contributed by atoms with Crippen LogP contribution in [-0.4, -0.2) is 33.3 Å². The third kappa shape index (κ3) is 5.30. The summed E-state index contributed by atoms with van der Waals surface area (Å²) in [6, 6.07) is 15.3. The average Bonchev–Trinajstić information content (AvgIpc) is 3.41. The van der Waals surface area contributed by atoms with Crippen molar-refractivity contribution in [2.75, 3.05) is 5.32 Å². The van der Waals surface area contributed by atoms with Gasteiger partial charge >= 0.3 is 11.8 Å². The SMILES string of the molecule is Cc1nc2ccc(Cl)cn2c1C(=O)N/N=C/c1ccc(CNC(=O)C(=O)Nc2ccccc2)o1. The van der Waals surface area contributed by atoms with E-state index in [0.717, 1.165) is 0 Å². The number of fused-ring (bicyclic) bond motifs is 1. The maximum Gasteiger partial charge on any atom is 0.313 e. The zero-order chi connectivity index (χ0) is 24.1. The Morgan fingerprint density at radius 1 is 1.09 bits per heavy atom. The number of amides is 3. The molecule has 1 aromatic carbocycles. The molecule has 0 fully saturated rings. The molecule has 10 nitrogen and oxygen atoms in total. The minimum absolute atomic E-state index is 0.00299. The number of halogens is 1. The predicted molar refractivity (Wildman–Crippen MR) is 126 cm³/mol. The normalized spacial score (nSPS) is 11.0. The van der Waals surface area contributed by atoms with E-state index in [1.807, 2.05) is 0 Å². The van der Waals surface area contributed by atoms with Crippen LogP contribution in [0.4, 0.5) is 5.69 Å². The third-order valence-corrected chi connectivity index (χ3v) is 4.90. The Morgan fingerprint density at radius 2 is 1.88 bits per heavy atom. The highest BCUT2D eigenvalue weighted by molar-refractivity contribution is 6.39. The molecule has 34 heavy (non-hydrogen) atoms. The van der Waals surface area contributed by atoms with Crippen molar-refractivity contribution in [3.63, 3.8) is 0 Å². The molecule has 0 saturated carbocycles. The summed E-state index contributed by atoms with van der Waals surface area (Å²) < 4.78 is 7.12. The van der Waals surface area contributed by atoms with Crippen molar-refractivity contribution in [1.82, 2.24) is 20.1 Å². The maximum atomic E-state index is 12.6. The second-order valence-corrected chi connectivity index (χ2v) is 7.56. The van der Waals surface area contributed by atoms with Crippen molar-refractivity contribution in [1.29, 1.82) is 0 Å². The number of hydrogen-bond donors (Lipinski definition) is 3. The maximum absolute atomic E-state index is 12.6. The van der Waals surface area contributed by atoms with Gasteiger partial charge in [0.1, 0.15) is 22.9 Å². The van der Waals surface area contributed by atoms with Crippen LogP contribution >= 0.6 is 11.6 Å². The Kier molecular flexibility index (Phi) is 6.69. The fourth-order valence-corrected chi connectivity index (χ4v) is 3.29. The average molecular weight is 479 g/mol. The first-order valence-electron chi connectivity index (χ1n) is 10.1. The number of anilines is 1. The van der Waals surface area contributed by atoms with Crippen LogP contribution < -0.4 is 16.1 Å². The van der Waals surface area contributed by atoms with Gasteiger partial charge in [-0.05, 0) is 43.3 Å². The van der Waals surface area contributed by atoms with E-state index in [1.54, 1.807) is 72.1 Å². The van der Waals surface area contributed by atoms with E-state index in [-0.39, 0.29) is 6.54 Å². The Bertz CT molecular complexity index is 1390. The molecule has 0 atom stereocenters. The standard InChI is InChI=1S/C23H19ClN6O4/c1-14-20(30-13-15(24)7-10-19(30)27-14)21(31)29-26-12-18-9-8-17(34-18)11-25-22(32)23(33)28-16-5-3-2-4-6-16/h2-10,12-13H,11H2,1H3,(H,25,32)(H,28,33)(H,29,31)/b26-12+. The number of aromatic nitrogens is 2. The summed E-state index contributed by atoms with van der Waals surface area (Å²) in [5, 5.41) is 9.34. The van der Waals surface area contributed by atoms with Crippen molar-refractivity contribution in [2.45, 2.75) is 13.5 Å². The van der Waals surface area contributed by atoms with Crippen LogP contribution in [0.1, 0.15) is 27.7 Å². The first-order chi connectivity index (χ1) is 16.4. The van der Waals surface area contributed by atoms with E-state index in [4.69, 9.17) is 16.0 Å². The summed E-state index contributed by atoms with van der Waals surface area (Å²) >= 11 is 6.02. The van der Waals surface area contributed by atoms with Crippen molar-refractivity contribution in [2.24, 2.45) is 5.10 Å². The van der Waals surface area contributed by atoms with Gasteiger partial charge in [-0.2, -0.15) is 5.10 Å². The highest BCUT2D eigenvalue weighted by Crippen LogP contribution is 2.16. The van der Waals surface area contributed by atoms with E-state index >= 15 is 0 Å². The summed E-state index contributed by atoms with van der Waals surface area (Å²) in [4.78, 5) is 40.8. The molecular formula is C23H19ClN6O4. The monoisotopic (exact) mass is 478 g/mol. The Labute approximate surface area is 198 Å². The Hall–Kier alpha value is -4.44. The van der Waals surface area contributed by atoms with E-state index < -0.39 is 17.7 Å². The number of pyridine rings is 1. The number of nitrogens with one attached hydrogen (secondary N) is 3. The molecule has 3 aromatic heterocycles. The summed E-state index contributed by atoms with van der Waals surface area (Å²) in [5.41, 5.74) is 4.37. The molecule has 0 saturated heterocycles. The highest BCUT2D eigenvalue weighted by atomic mass is 35.5. The van der Waals surface area contributed by atoms with Gasteiger partial charge < -0.3 is 15.1 Å². The molecule has 3 N–H and O–H groups in total. The van der Waals surface area contributed by atoms with Crippen molar-refractivity contribution in [3.8, 4) is 0 Å². The molecule has 0 unspecified atom stereocenters. The number of furan rings is 1.